The Morgan fingerprint density at radius 1 is 1.42 bits per heavy atom. The fourth-order valence-electron chi connectivity index (χ4n) is 2.25. The Balaban J connectivity index is 2.23. The van der Waals surface area contributed by atoms with Gasteiger partial charge in [0, 0.05) is 25.5 Å². The van der Waals surface area contributed by atoms with Gasteiger partial charge in [-0.3, -0.25) is 4.79 Å². The molecule has 0 unspecified atom stereocenters. The lowest BCUT2D eigenvalue weighted by Gasteiger charge is -2.31. The van der Waals surface area contributed by atoms with E-state index in [1.807, 2.05) is 4.90 Å². The quantitative estimate of drug-likeness (QED) is 0.882. The van der Waals surface area contributed by atoms with E-state index in [9.17, 15) is 13.2 Å². The van der Waals surface area contributed by atoms with E-state index in [0.717, 1.165) is 6.26 Å². The summed E-state index contributed by atoms with van der Waals surface area (Å²) in [4.78, 5) is 17.1. The SMILES string of the molecule is CS(=O)(=O)c1cccnc1N1CCC(C(=O)O)CC1. The first kappa shape index (κ1) is 13.8. The fraction of sp³-hybridized carbons (Fsp3) is 0.500. The molecule has 0 atom stereocenters. The summed E-state index contributed by atoms with van der Waals surface area (Å²) in [5.41, 5.74) is 0. The first-order valence-electron chi connectivity index (χ1n) is 6.02. The van der Waals surface area contributed by atoms with Crippen LogP contribution in [0.4, 0.5) is 5.82 Å². The molecule has 0 radical (unpaired) electrons. The molecule has 1 fully saturated rings. The van der Waals surface area contributed by atoms with Crippen molar-refractivity contribution in [2.75, 3.05) is 24.2 Å². The van der Waals surface area contributed by atoms with Crippen LogP contribution in [0.25, 0.3) is 0 Å². The van der Waals surface area contributed by atoms with Crippen LogP contribution in [-0.4, -0.2) is 43.8 Å². The van der Waals surface area contributed by atoms with Crippen molar-refractivity contribution in [3.8, 4) is 0 Å². The summed E-state index contributed by atoms with van der Waals surface area (Å²) in [7, 11) is -3.33. The molecule has 1 N–H and O–H groups in total. The second-order valence-electron chi connectivity index (χ2n) is 4.70. The lowest BCUT2D eigenvalue weighted by atomic mass is 9.97. The van der Waals surface area contributed by atoms with Gasteiger partial charge in [-0.2, -0.15) is 0 Å². The third-order valence-electron chi connectivity index (χ3n) is 3.29. The van der Waals surface area contributed by atoms with E-state index in [-0.39, 0.29) is 10.8 Å². The average Bonchev–Trinajstić information content (AvgIpc) is 2.38. The van der Waals surface area contributed by atoms with Crippen molar-refractivity contribution < 1.29 is 18.3 Å². The normalized spacial score (nSPS) is 17.4. The third kappa shape index (κ3) is 3.04. The van der Waals surface area contributed by atoms with E-state index < -0.39 is 15.8 Å². The van der Waals surface area contributed by atoms with E-state index in [4.69, 9.17) is 5.11 Å². The molecule has 0 amide bonds. The largest absolute Gasteiger partial charge is 0.481 e. The highest BCUT2D eigenvalue weighted by atomic mass is 32.2. The van der Waals surface area contributed by atoms with Crippen LogP contribution in [0.5, 0.6) is 0 Å². The summed E-state index contributed by atoms with van der Waals surface area (Å²) in [5.74, 6) is -0.709. The first-order chi connectivity index (χ1) is 8.89. The summed E-state index contributed by atoms with van der Waals surface area (Å²) >= 11 is 0. The minimum Gasteiger partial charge on any atom is -0.481 e. The highest BCUT2D eigenvalue weighted by Crippen LogP contribution is 2.27. The second-order valence-corrected chi connectivity index (χ2v) is 6.68. The molecule has 0 aromatic carbocycles. The molecule has 0 aliphatic carbocycles. The molecular formula is C12H16N2O4S. The number of rotatable bonds is 3. The van der Waals surface area contributed by atoms with Crippen LogP contribution in [-0.2, 0) is 14.6 Å². The van der Waals surface area contributed by atoms with Crippen molar-refractivity contribution in [1.29, 1.82) is 0 Å². The van der Waals surface area contributed by atoms with Crippen molar-refractivity contribution >= 4 is 21.6 Å². The number of anilines is 1. The van der Waals surface area contributed by atoms with E-state index in [1.54, 1.807) is 12.3 Å². The molecule has 1 aromatic heterocycles. The Morgan fingerprint density at radius 2 is 2.05 bits per heavy atom. The lowest BCUT2D eigenvalue weighted by molar-refractivity contribution is -0.142. The molecule has 0 spiro atoms. The lowest BCUT2D eigenvalue weighted by Crippen LogP contribution is -2.37. The number of hydrogen-bond donors (Lipinski definition) is 1. The maximum Gasteiger partial charge on any atom is 0.306 e. The summed E-state index contributed by atoms with van der Waals surface area (Å²) < 4.78 is 23.4. The van der Waals surface area contributed by atoms with Gasteiger partial charge in [0.1, 0.15) is 10.7 Å². The van der Waals surface area contributed by atoms with Crippen molar-refractivity contribution in [2.24, 2.45) is 5.92 Å². The molecule has 7 heteroatoms. The number of carbonyl (C=O) groups is 1. The van der Waals surface area contributed by atoms with Crippen LogP contribution in [0, 0.1) is 5.92 Å². The molecule has 19 heavy (non-hydrogen) atoms. The minimum atomic E-state index is -3.33. The minimum absolute atomic E-state index is 0.198. The van der Waals surface area contributed by atoms with Gasteiger partial charge in [0.2, 0.25) is 0 Å². The zero-order chi connectivity index (χ0) is 14.0. The van der Waals surface area contributed by atoms with E-state index in [2.05, 4.69) is 4.98 Å². The van der Waals surface area contributed by atoms with E-state index in [0.29, 0.717) is 31.7 Å². The number of aromatic nitrogens is 1. The molecule has 6 nitrogen and oxygen atoms in total. The van der Waals surface area contributed by atoms with Gasteiger partial charge in [-0.1, -0.05) is 0 Å². The smallest absolute Gasteiger partial charge is 0.306 e. The summed E-state index contributed by atoms with van der Waals surface area (Å²) in [6, 6.07) is 3.12. The summed E-state index contributed by atoms with van der Waals surface area (Å²) in [6.45, 7) is 1.02. The zero-order valence-corrected chi connectivity index (χ0v) is 11.4. The molecule has 2 heterocycles. The highest BCUT2D eigenvalue weighted by molar-refractivity contribution is 7.90. The number of piperidine rings is 1. The van der Waals surface area contributed by atoms with Crippen LogP contribution < -0.4 is 4.90 Å². The Kier molecular flexibility index (Phi) is 3.75. The Labute approximate surface area is 112 Å². The number of sulfone groups is 1. The van der Waals surface area contributed by atoms with Gasteiger partial charge in [0.15, 0.2) is 9.84 Å². The predicted molar refractivity (Wildman–Crippen MR) is 69.9 cm³/mol. The van der Waals surface area contributed by atoms with Crippen LogP contribution >= 0.6 is 0 Å². The molecule has 0 bridgehead atoms. The number of aliphatic carboxylic acids is 1. The Bertz CT molecular complexity index is 577. The maximum atomic E-state index is 11.7. The number of nitrogens with zero attached hydrogens (tertiary/aromatic N) is 2. The second kappa shape index (κ2) is 5.16. The van der Waals surface area contributed by atoms with Gasteiger partial charge in [-0.05, 0) is 25.0 Å². The maximum absolute atomic E-state index is 11.7. The Hall–Kier alpha value is -1.63. The van der Waals surface area contributed by atoms with Crippen LogP contribution in [0.3, 0.4) is 0 Å². The van der Waals surface area contributed by atoms with Gasteiger partial charge >= 0.3 is 5.97 Å². The predicted octanol–water partition coefficient (Wildman–Crippen LogP) is 0.786. The third-order valence-corrected chi connectivity index (χ3v) is 4.41. The average molecular weight is 284 g/mol. The molecule has 1 aliphatic heterocycles. The number of pyridine rings is 1. The van der Waals surface area contributed by atoms with E-state index >= 15 is 0 Å². The highest BCUT2D eigenvalue weighted by Gasteiger charge is 2.27. The number of carboxylic acid groups (broad SMARTS) is 1. The molecule has 1 aromatic rings. The molecule has 2 rings (SSSR count). The summed E-state index contributed by atoms with van der Waals surface area (Å²) in [5, 5.41) is 8.95. The van der Waals surface area contributed by atoms with Crippen LogP contribution in [0.1, 0.15) is 12.8 Å². The van der Waals surface area contributed by atoms with Gasteiger partial charge in [0.05, 0.1) is 5.92 Å². The fourth-order valence-corrected chi connectivity index (χ4v) is 3.09. The van der Waals surface area contributed by atoms with Gasteiger partial charge in [-0.25, -0.2) is 13.4 Å². The first-order valence-corrected chi connectivity index (χ1v) is 7.91. The molecule has 104 valence electrons. The van der Waals surface area contributed by atoms with Crippen molar-refractivity contribution in [3.05, 3.63) is 18.3 Å². The van der Waals surface area contributed by atoms with E-state index in [1.165, 1.54) is 6.07 Å². The van der Waals surface area contributed by atoms with Gasteiger partial charge in [0.25, 0.3) is 0 Å². The summed E-state index contributed by atoms with van der Waals surface area (Å²) in [6.07, 6.45) is 3.72. The van der Waals surface area contributed by atoms with Crippen molar-refractivity contribution in [3.63, 3.8) is 0 Å². The topological polar surface area (TPSA) is 87.6 Å². The molecule has 1 aliphatic rings. The van der Waals surface area contributed by atoms with Crippen molar-refractivity contribution in [1.82, 2.24) is 4.98 Å². The van der Waals surface area contributed by atoms with Crippen LogP contribution in [0.2, 0.25) is 0 Å². The van der Waals surface area contributed by atoms with Crippen molar-refractivity contribution in [2.45, 2.75) is 17.7 Å². The van der Waals surface area contributed by atoms with Gasteiger partial charge < -0.3 is 10.0 Å². The number of carboxylic acids is 1. The number of hydrogen-bond acceptors (Lipinski definition) is 5. The zero-order valence-electron chi connectivity index (χ0n) is 10.6. The molecular weight excluding hydrogens is 268 g/mol. The monoisotopic (exact) mass is 284 g/mol. The van der Waals surface area contributed by atoms with Gasteiger partial charge in [-0.15, -0.1) is 0 Å². The van der Waals surface area contributed by atoms with Crippen LogP contribution in [0.15, 0.2) is 23.2 Å². The molecule has 1 saturated heterocycles. The Morgan fingerprint density at radius 3 is 2.58 bits per heavy atom. The standard InChI is InChI=1S/C12H16N2O4S/c1-19(17,18)10-3-2-6-13-11(10)14-7-4-9(5-8-14)12(15)16/h2-3,6,9H,4-5,7-8H2,1H3,(H,15,16). The molecule has 0 saturated carbocycles.